The van der Waals surface area contributed by atoms with Crippen molar-refractivity contribution in [3.8, 4) is 0 Å². The fraction of sp³-hybridized carbons (Fsp3) is 0.333. The fourth-order valence-electron chi connectivity index (χ4n) is 4.53. The molecule has 1 aliphatic rings. The van der Waals surface area contributed by atoms with E-state index in [2.05, 4.69) is 43.3 Å². The predicted octanol–water partition coefficient (Wildman–Crippen LogP) is 3.98. The molecule has 4 aromatic rings. The minimum atomic E-state index is -0.250. The number of benzene rings is 2. The molecule has 29 heavy (non-hydrogen) atoms. The Morgan fingerprint density at radius 3 is 2.93 bits per heavy atom. The van der Waals surface area contributed by atoms with E-state index >= 15 is 0 Å². The quantitative estimate of drug-likeness (QED) is 0.525. The Kier molecular flexibility index (Phi) is 4.72. The molecule has 0 spiro atoms. The van der Waals surface area contributed by atoms with Gasteiger partial charge in [-0.1, -0.05) is 24.3 Å². The van der Waals surface area contributed by atoms with Gasteiger partial charge < -0.3 is 9.32 Å². The molecule has 1 unspecified atom stereocenters. The molecule has 1 saturated heterocycles. The number of hydrogen-bond acceptors (Lipinski definition) is 4. The van der Waals surface area contributed by atoms with Gasteiger partial charge in [-0.3, -0.25) is 0 Å². The molecule has 148 valence electrons. The van der Waals surface area contributed by atoms with Gasteiger partial charge in [-0.15, -0.1) is 11.3 Å². The van der Waals surface area contributed by atoms with Crippen molar-refractivity contribution in [2.45, 2.75) is 39.2 Å². The molecule has 1 N–H and O–H groups in total. The summed E-state index contributed by atoms with van der Waals surface area (Å²) in [6.07, 6.45) is 2.38. The molecule has 1 fully saturated rings. The smallest absolute Gasteiger partial charge is 0.336 e. The van der Waals surface area contributed by atoms with Crippen molar-refractivity contribution in [1.82, 2.24) is 4.98 Å². The van der Waals surface area contributed by atoms with Gasteiger partial charge in [0, 0.05) is 17.0 Å². The first-order valence-electron chi connectivity index (χ1n) is 10.3. The molecule has 0 aliphatic carbocycles. The lowest BCUT2D eigenvalue weighted by Gasteiger charge is -2.29. The third-order valence-electron chi connectivity index (χ3n) is 6.24. The van der Waals surface area contributed by atoms with Gasteiger partial charge in [0.15, 0.2) is 0 Å². The van der Waals surface area contributed by atoms with Crippen molar-refractivity contribution in [3.05, 3.63) is 74.6 Å². The molecular weight excluding hydrogens is 380 g/mol. The number of rotatable bonds is 3. The van der Waals surface area contributed by atoms with E-state index < -0.39 is 0 Å². The monoisotopic (exact) mass is 405 g/mol. The third-order valence-corrected chi connectivity index (χ3v) is 7.43. The topological polar surface area (TPSA) is 47.5 Å². The van der Waals surface area contributed by atoms with Crippen LogP contribution in [0.15, 0.2) is 51.7 Å². The summed E-state index contributed by atoms with van der Waals surface area (Å²) >= 11 is 1.83. The maximum absolute atomic E-state index is 12.2. The van der Waals surface area contributed by atoms with Gasteiger partial charge in [-0.2, -0.15) is 0 Å². The number of quaternary nitrogens is 1. The Morgan fingerprint density at radius 1 is 1.21 bits per heavy atom. The summed E-state index contributed by atoms with van der Waals surface area (Å²) in [5.74, 6) is 0.492. The van der Waals surface area contributed by atoms with Gasteiger partial charge in [0.2, 0.25) is 0 Å². The summed E-state index contributed by atoms with van der Waals surface area (Å²) in [6, 6.07) is 14.3. The molecule has 5 heteroatoms. The van der Waals surface area contributed by atoms with Gasteiger partial charge in [-0.25, -0.2) is 9.78 Å². The highest BCUT2D eigenvalue weighted by Gasteiger charge is 2.27. The average Bonchev–Trinajstić information content (AvgIpc) is 3.16. The van der Waals surface area contributed by atoms with Crippen molar-refractivity contribution in [2.24, 2.45) is 0 Å². The Balaban J connectivity index is 1.43. The van der Waals surface area contributed by atoms with E-state index in [1.165, 1.54) is 27.4 Å². The molecule has 0 saturated carbocycles. The Labute approximate surface area is 173 Å². The molecule has 1 aliphatic heterocycles. The fourth-order valence-corrected chi connectivity index (χ4v) is 5.63. The van der Waals surface area contributed by atoms with Gasteiger partial charge in [-0.05, 0) is 49.9 Å². The standard InChI is InChI=1S/C24H24N2O2S/c1-15-9-10-19-18(12-22(27)28-23(19)16(15)2)14-26-11-5-6-17(13-26)24-25-20-7-3-4-8-21(20)29-24/h3-4,7-10,12,17H,5-6,11,13-14H2,1-2H3/p+1/t17-/m1/s1. The second-order valence-corrected chi connectivity index (χ2v) is 9.28. The van der Waals surface area contributed by atoms with Crippen molar-refractivity contribution >= 4 is 32.5 Å². The Hall–Kier alpha value is -2.50. The number of para-hydroxylation sites is 1. The third kappa shape index (κ3) is 3.49. The molecule has 4 nitrogen and oxygen atoms in total. The van der Waals surface area contributed by atoms with Crippen LogP contribution in [-0.2, 0) is 6.54 Å². The predicted molar refractivity (Wildman–Crippen MR) is 118 cm³/mol. The number of likely N-dealkylation sites (tertiary alicyclic amines) is 1. The van der Waals surface area contributed by atoms with Crippen LogP contribution >= 0.6 is 11.3 Å². The first kappa shape index (κ1) is 18.5. The Morgan fingerprint density at radius 2 is 2.07 bits per heavy atom. The van der Waals surface area contributed by atoms with E-state index in [4.69, 9.17) is 9.40 Å². The van der Waals surface area contributed by atoms with Crippen LogP contribution in [0.1, 0.15) is 40.5 Å². The maximum Gasteiger partial charge on any atom is 0.336 e. The summed E-state index contributed by atoms with van der Waals surface area (Å²) in [6.45, 7) is 7.13. The highest BCUT2D eigenvalue weighted by Crippen LogP contribution is 2.30. The number of nitrogens with one attached hydrogen (secondary N) is 1. The molecule has 2 atom stereocenters. The van der Waals surface area contributed by atoms with E-state index in [9.17, 15) is 4.79 Å². The van der Waals surface area contributed by atoms with E-state index in [-0.39, 0.29) is 5.63 Å². The van der Waals surface area contributed by atoms with Crippen molar-refractivity contribution < 1.29 is 9.32 Å². The van der Waals surface area contributed by atoms with Crippen LogP contribution in [0.3, 0.4) is 0 Å². The van der Waals surface area contributed by atoms with Crippen LogP contribution in [-0.4, -0.2) is 18.1 Å². The van der Waals surface area contributed by atoms with Crippen molar-refractivity contribution in [1.29, 1.82) is 0 Å². The van der Waals surface area contributed by atoms with E-state index in [1.807, 2.05) is 18.3 Å². The zero-order valence-electron chi connectivity index (χ0n) is 16.8. The zero-order chi connectivity index (χ0) is 20.0. The van der Waals surface area contributed by atoms with E-state index in [1.54, 1.807) is 6.07 Å². The summed E-state index contributed by atoms with van der Waals surface area (Å²) in [5.41, 5.74) is 4.91. The van der Waals surface area contributed by atoms with Gasteiger partial charge >= 0.3 is 5.63 Å². The summed E-state index contributed by atoms with van der Waals surface area (Å²) in [7, 11) is 0. The van der Waals surface area contributed by atoms with Crippen LogP contribution in [0.5, 0.6) is 0 Å². The highest BCUT2D eigenvalue weighted by molar-refractivity contribution is 7.18. The number of piperidine rings is 1. The number of aryl methyl sites for hydroxylation is 2. The second-order valence-electron chi connectivity index (χ2n) is 8.21. The second kappa shape index (κ2) is 7.39. The number of hydrogen-bond donors (Lipinski definition) is 1. The van der Waals surface area contributed by atoms with E-state index in [0.717, 1.165) is 52.8 Å². The van der Waals surface area contributed by atoms with Crippen LogP contribution < -0.4 is 10.5 Å². The number of fused-ring (bicyclic) bond motifs is 2. The zero-order valence-corrected chi connectivity index (χ0v) is 17.6. The van der Waals surface area contributed by atoms with Crippen LogP contribution in [0.2, 0.25) is 0 Å². The minimum Gasteiger partial charge on any atom is -0.422 e. The van der Waals surface area contributed by atoms with Crippen LogP contribution in [0.25, 0.3) is 21.2 Å². The first-order valence-corrected chi connectivity index (χ1v) is 11.1. The Bertz CT molecular complexity index is 1220. The first-order chi connectivity index (χ1) is 14.1. The summed E-state index contributed by atoms with van der Waals surface area (Å²) in [5, 5.41) is 2.33. The van der Waals surface area contributed by atoms with Crippen molar-refractivity contribution in [3.63, 3.8) is 0 Å². The number of aromatic nitrogens is 1. The number of thiazole rings is 1. The molecule has 5 rings (SSSR count). The molecule has 0 amide bonds. The lowest BCUT2D eigenvalue weighted by atomic mass is 9.97. The highest BCUT2D eigenvalue weighted by atomic mass is 32.1. The summed E-state index contributed by atoms with van der Waals surface area (Å²) < 4.78 is 6.82. The lowest BCUT2D eigenvalue weighted by molar-refractivity contribution is -0.919. The molecule has 0 radical (unpaired) electrons. The maximum atomic E-state index is 12.2. The lowest BCUT2D eigenvalue weighted by Crippen LogP contribution is -3.12. The molecule has 2 aromatic heterocycles. The van der Waals surface area contributed by atoms with Gasteiger partial charge in [0.25, 0.3) is 0 Å². The molecule has 2 aromatic carbocycles. The average molecular weight is 406 g/mol. The summed E-state index contributed by atoms with van der Waals surface area (Å²) in [4.78, 5) is 18.6. The normalized spacial score (nSPS) is 19.8. The minimum absolute atomic E-state index is 0.250. The van der Waals surface area contributed by atoms with Crippen molar-refractivity contribution in [2.75, 3.05) is 13.1 Å². The van der Waals surface area contributed by atoms with Gasteiger partial charge in [0.05, 0.1) is 29.2 Å². The largest absolute Gasteiger partial charge is 0.422 e. The molecule has 0 bridgehead atoms. The number of nitrogens with zero attached hydrogens (tertiary/aromatic N) is 1. The molecular formula is C24H25N2O2S+. The van der Waals surface area contributed by atoms with E-state index in [0.29, 0.717) is 5.92 Å². The molecule has 3 heterocycles. The SMILES string of the molecule is Cc1ccc2c(C[NH+]3CCC[C@@H](c4nc5ccccc5s4)C3)cc(=O)oc2c1C. The van der Waals surface area contributed by atoms with Gasteiger partial charge in [0.1, 0.15) is 17.1 Å². The van der Waals surface area contributed by atoms with Crippen LogP contribution in [0.4, 0.5) is 0 Å². The van der Waals surface area contributed by atoms with Crippen LogP contribution in [0, 0.1) is 13.8 Å².